The van der Waals surface area contributed by atoms with Gasteiger partial charge in [-0.05, 0) is 30.7 Å². The normalized spacial score (nSPS) is 9.84. The second kappa shape index (κ2) is 6.23. The first kappa shape index (κ1) is 15.8. The molecule has 0 bridgehead atoms. The van der Waals surface area contributed by atoms with E-state index in [0.29, 0.717) is 11.6 Å². The Morgan fingerprint density at radius 1 is 1.26 bits per heavy atom. The van der Waals surface area contributed by atoms with E-state index in [4.69, 9.17) is 0 Å². The monoisotopic (exact) mass is 272 g/mol. The predicted octanol–water partition coefficient (Wildman–Crippen LogP) is 3.00. The van der Waals surface area contributed by atoms with Crippen molar-refractivity contribution in [3.05, 3.63) is 63.7 Å². The van der Waals surface area contributed by atoms with E-state index in [0.717, 1.165) is 6.07 Å². The fraction of sp³-hybridized carbons (Fsp3) is 0.0769. The summed E-state index contributed by atoms with van der Waals surface area (Å²) >= 11 is 0. The molecule has 0 spiro atoms. The topological polar surface area (TPSA) is 43.1 Å². The Morgan fingerprint density at radius 3 is 2.53 bits per heavy atom. The molecule has 0 N–H and O–H groups in total. The van der Waals surface area contributed by atoms with Crippen LogP contribution in [-0.2, 0) is 0 Å². The van der Waals surface area contributed by atoms with Gasteiger partial charge in [-0.3, -0.25) is 10.1 Å². The van der Waals surface area contributed by atoms with Crippen LogP contribution in [0, 0.1) is 34.7 Å². The first-order valence-corrected chi connectivity index (χ1v) is 5.12. The molecule has 0 saturated carbocycles. The van der Waals surface area contributed by atoms with Crippen molar-refractivity contribution in [2.24, 2.45) is 0 Å². The molecular formula is C13H9F2NNaO2. The number of halogens is 2. The van der Waals surface area contributed by atoms with E-state index in [9.17, 15) is 18.9 Å². The summed E-state index contributed by atoms with van der Waals surface area (Å²) in [6, 6.07) is 8.40. The molecule has 0 aliphatic heterocycles. The number of benzene rings is 2. The van der Waals surface area contributed by atoms with Crippen molar-refractivity contribution < 1.29 is 13.7 Å². The molecule has 0 aliphatic carbocycles. The van der Waals surface area contributed by atoms with Crippen molar-refractivity contribution in [1.29, 1.82) is 0 Å². The summed E-state index contributed by atoms with van der Waals surface area (Å²) in [5, 5.41) is 10.9. The van der Waals surface area contributed by atoms with Gasteiger partial charge in [0.05, 0.1) is 16.6 Å². The Labute approximate surface area is 130 Å². The third-order valence-corrected chi connectivity index (χ3v) is 2.57. The Bertz CT molecular complexity index is 632. The van der Waals surface area contributed by atoms with Gasteiger partial charge in [0.15, 0.2) is 0 Å². The van der Waals surface area contributed by atoms with Crippen LogP contribution < -0.4 is 0 Å². The zero-order valence-electron chi connectivity index (χ0n) is 9.41. The summed E-state index contributed by atoms with van der Waals surface area (Å²) in [4.78, 5) is 10.3. The van der Waals surface area contributed by atoms with Crippen molar-refractivity contribution in [2.75, 3.05) is 0 Å². The van der Waals surface area contributed by atoms with Crippen LogP contribution in [0.15, 0.2) is 30.3 Å². The number of nitrogens with zero attached hydrogens (tertiary/aromatic N) is 1. The van der Waals surface area contributed by atoms with E-state index in [2.05, 4.69) is 6.07 Å². The first-order chi connectivity index (χ1) is 8.50. The summed E-state index contributed by atoms with van der Waals surface area (Å²) in [5.74, 6) is -1.56. The van der Waals surface area contributed by atoms with E-state index in [1.165, 1.54) is 12.1 Å². The van der Waals surface area contributed by atoms with Crippen molar-refractivity contribution in [1.82, 2.24) is 0 Å². The van der Waals surface area contributed by atoms with Gasteiger partial charge >= 0.3 is 29.6 Å². The molecule has 2 aromatic carbocycles. The zero-order valence-corrected chi connectivity index (χ0v) is 9.41. The minimum absolute atomic E-state index is 0. The number of nitro benzene ring substituents is 1. The average molecular weight is 272 g/mol. The maximum atomic E-state index is 13.7. The molecule has 0 aliphatic rings. The molecule has 0 atom stereocenters. The van der Waals surface area contributed by atoms with Crippen LogP contribution in [0.1, 0.15) is 5.56 Å². The van der Waals surface area contributed by atoms with Crippen LogP contribution in [0.4, 0.5) is 14.5 Å². The van der Waals surface area contributed by atoms with Gasteiger partial charge in [0.1, 0.15) is 11.6 Å². The summed E-state index contributed by atoms with van der Waals surface area (Å²) in [7, 11) is 0. The molecule has 2 rings (SSSR count). The number of nitro groups is 1. The Balaban J connectivity index is 0.00000180. The maximum absolute atomic E-state index is 13.7. The fourth-order valence-electron chi connectivity index (χ4n) is 1.76. The summed E-state index contributed by atoms with van der Waals surface area (Å²) < 4.78 is 26.5. The molecule has 2 aromatic rings. The van der Waals surface area contributed by atoms with E-state index >= 15 is 0 Å². The van der Waals surface area contributed by atoms with Crippen LogP contribution in [0.5, 0.6) is 0 Å². The number of hydrogen-bond acceptors (Lipinski definition) is 2. The molecular weight excluding hydrogens is 263 g/mol. The number of hydrogen-bond donors (Lipinski definition) is 0. The van der Waals surface area contributed by atoms with Gasteiger partial charge in [0.25, 0.3) is 5.69 Å². The number of aryl methyl sites for hydroxylation is 1. The second-order valence-corrected chi connectivity index (χ2v) is 3.77. The third-order valence-electron chi connectivity index (χ3n) is 2.57. The average Bonchev–Trinajstić information content (AvgIpc) is 2.29. The van der Waals surface area contributed by atoms with Crippen molar-refractivity contribution >= 4 is 35.2 Å². The molecule has 0 saturated heterocycles. The van der Waals surface area contributed by atoms with Gasteiger partial charge in [-0.2, -0.15) is 0 Å². The third kappa shape index (κ3) is 3.18. The van der Waals surface area contributed by atoms with Crippen molar-refractivity contribution in [3.63, 3.8) is 0 Å². The molecule has 0 unspecified atom stereocenters. The summed E-state index contributed by atoms with van der Waals surface area (Å²) in [6.45, 7) is 1.62. The first-order valence-electron chi connectivity index (χ1n) is 5.12. The van der Waals surface area contributed by atoms with Crippen LogP contribution in [0.2, 0.25) is 0 Å². The molecule has 0 amide bonds. The predicted molar refractivity (Wildman–Crippen MR) is 69.2 cm³/mol. The van der Waals surface area contributed by atoms with Crippen LogP contribution in [0.3, 0.4) is 0 Å². The Hall–Kier alpha value is -1.30. The SMILES string of the molecule is Cc1cc[c]c([N+](=O)[O-])c1-c1ccc(F)cc1F.[NaH]. The summed E-state index contributed by atoms with van der Waals surface area (Å²) in [6.07, 6.45) is 0. The number of rotatable bonds is 2. The quantitative estimate of drug-likeness (QED) is 0.479. The fourth-order valence-corrected chi connectivity index (χ4v) is 1.76. The van der Waals surface area contributed by atoms with Crippen molar-refractivity contribution in [2.45, 2.75) is 6.92 Å². The standard InChI is InChI=1S/C13H8F2NO2.Na.H/c1-8-3-2-4-12(16(17)18)13(8)10-6-5-9(14)7-11(10)15;;/h2-3,5-7H,1H3;;. The van der Waals surface area contributed by atoms with Crippen LogP contribution in [0.25, 0.3) is 11.1 Å². The Morgan fingerprint density at radius 2 is 1.95 bits per heavy atom. The van der Waals surface area contributed by atoms with Gasteiger partial charge in [0.2, 0.25) is 0 Å². The van der Waals surface area contributed by atoms with Gasteiger partial charge in [-0.25, -0.2) is 8.78 Å². The van der Waals surface area contributed by atoms with E-state index < -0.39 is 16.6 Å². The summed E-state index contributed by atoms with van der Waals surface area (Å²) in [5.41, 5.74) is 0.337. The van der Waals surface area contributed by atoms with E-state index in [-0.39, 0.29) is 46.4 Å². The van der Waals surface area contributed by atoms with Gasteiger partial charge < -0.3 is 0 Å². The van der Waals surface area contributed by atoms with Crippen LogP contribution >= 0.6 is 0 Å². The molecule has 0 aromatic heterocycles. The molecule has 19 heavy (non-hydrogen) atoms. The molecule has 93 valence electrons. The van der Waals surface area contributed by atoms with Gasteiger partial charge in [0, 0.05) is 11.6 Å². The van der Waals surface area contributed by atoms with Crippen LogP contribution in [-0.4, -0.2) is 34.5 Å². The molecule has 0 fully saturated rings. The molecule has 1 radical (unpaired) electrons. The van der Waals surface area contributed by atoms with Gasteiger partial charge in [-0.15, -0.1) is 0 Å². The minimum atomic E-state index is -0.833. The Kier molecular flexibility index (Phi) is 5.17. The molecule has 3 nitrogen and oxygen atoms in total. The molecule has 6 heteroatoms. The van der Waals surface area contributed by atoms with Gasteiger partial charge in [-0.1, -0.05) is 6.07 Å². The molecule has 0 heterocycles. The van der Waals surface area contributed by atoms with Crippen molar-refractivity contribution in [3.8, 4) is 11.1 Å². The van der Waals surface area contributed by atoms with E-state index in [1.54, 1.807) is 13.0 Å². The zero-order chi connectivity index (χ0) is 13.3. The van der Waals surface area contributed by atoms with E-state index in [1.807, 2.05) is 0 Å². The second-order valence-electron chi connectivity index (χ2n) is 3.77.